The first-order valence-corrected chi connectivity index (χ1v) is 7.59. The highest BCUT2D eigenvalue weighted by molar-refractivity contribution is 5.83. The summed E-state index contributed by atoms with van der Waals surface area (Å²) in [5, 5.41) is 3.00. The van der Waals surface area contributed by atoms with Gasteiger partial charge in [-0.2, -0.15) is 0 Å². The van der Waals surface area contributed by atoms with Crippen LogP contribution >= 0.6 is 0 Å². The van der Waals surface area contributed by atoms with Crippen LogP contribution in [-0.2, 0) is 11.2 Å². The second-order valence-electron chi connectivity index (χ2n) is 5.54. The highest BCUT2D eigenvalue weighted by Crippen LogP contribution is 2.17. The Bertz CT molecular complexity index is 612. The van der Waals surface area contributed by atoms with Gasteiger partial charge in [-0.05, 0) is 49.8 Å². The van der Waals surface area contributed by atoms with Crippen molar-refractivity contribution in [3.8, 4) is 5.75 Å². The van der Waals surface area contributed by atoms with Crippen LogP contribution in [0.2, 0.25) is 0 Å². The van der Waals surface area contributed by atoms with Gasteiger partial charge in [0.15, 0.2) is 0 Å². The minimum atomic E-state index is -0.334. The monoisotopic (exact) mass is 313 g/mol. The number of benzene rings is 1. The van der Waals surface area contributed by atoms with E-state index in [2.05, 4.69) is 10.3 Å². The molecular formula is C18H23N3O2. The fourth-order valence-corrected chi connectivity index (χ4v) is 2.44. The summed E-state index contributed by atoms with van der Waals surface area (Å²) in [6.45, 7) is 0.593. The number of nitrogens with zero attached hydrogens (tertiary/aromatic N) is 2. The molecule has 0 radical (unpaired) electrons. The number of rotatable bonds is 7. The predicted octanol–water partition coefficient (Wildman–Crippen LogP) is 2.05. The van der Waals surface area contributed by atoms with Gasteiger partial charge in [0, 0.05) is 18.9 Å². The van der Waals surface area contributed by atoms with Crippen molar-refractivity contribution in [3.05, 3.63) is 59.9 Å². The molecule has 0 aliphatic rings. The molecule has 1 heterocycles. The summed E-state index contributed by atoms with van der Waals surface area (Å²) in [4.78, 5) is 18.5. The maximum atomic E-state index is 12.5. The largest absolute Gasteiger partial charge is 0.497 e. The number of methoxy groups -OCH3 is 1. The van der Waals surface area contributed by atoms with E-state index in [0.29, 0.717) is 6.54 Å². The van der Waals surface area contributed by atoms with Crippen molar-refractivity contribution in [3.63, 3.8) is 0 Å². The molecule has 1 aromatic heterocycles. The average Bonchev–Trinajstić information content (AvgIpc) is 2.56. The van der Waals surface area contributed by atoms with Gasteiger partial charge in [0.2, 0.25) is 5.91 Å². The number of hydrogen-bond acceptors (Lipinski definition) is 4. The molecule has 0 spiro atoms. The van der Waals surface area contributed by atoms with Crippen molar-refractivity contribution in [2.75, 3.05) is 27.7 Å². The number of carbonyl (C=O) groups excluding carboxylic acids is 1. The first kappa shape index (κ1) is 17.0. The summed E-state index contributed by atoms with van der Waals surface area (Å²) >= 11 is 0. The number of aromatic nitrogens is 1. The molecule has 122 valence electrons. The number of ether oxygens (including phenoxy) is 1. The lowest BCUT2D eigenvalue weighted by molar-refractivity contribution is -0.125. The number of pyridine rings is 1. The smallest absolute Gasteiger partial charge is 0.242 e. The molecule has 1 unspecified atom stereocenters. The molecule has 0 aliphatic heterocycles. The zero-order chi connectivity index (χ0) is 16.7. The Morgan fingerprint density at radius 2 is 2.00 bits per heavy atom. The third kappa shape index (κ3) is 4.79. The molecule has 1 N–H and O–H groups in total. The molecule has 0 bridgehead atoms. The number of carbonyl (C=O) groups is 1. The van der Waals surface area contributed by atoms with Crippen LogP contribution < -0.4 is 10.1 Å². The van der Waals surface area contributed by atoms with E-state index < -0.39 is 0 Å². The Hall–Kier alpha value is -2.40. The van der Waals surface area contributed by atoms with Crippen LogP contribution in [0.1, 0.15) is 17.2 Å². The zero-order valence-corrected chi connectivity index (χ0v) is 13.8. The summed E-state index contributed by atoms with van der Waals surface area (Å²) in [6.07, 6.45) is 4.22. The Kier molecular flexibility index (Phi) is 6.11. The van der Waals surface area contributed by atoms with Crippen LogP contribution in [-0.4, -0.2) is 43.5 Å². The normalized spacial score (nSPS) is 12.0. The minimum Gasteiger partial charge on any atom is -0.497 e. The molecule has 0 aliphatic carbocycles. The van der Waals surface area contributed by atoms with E-state index in [-0.39, 0.29) is 11.9 Å². The molecule has 0 saturated carbocycles. The van der Waals surface area contributed by atoms with Crippen LogP contribution in [0.5, 0.6) is 5.75 Å². The van der Waals surface area contributed by atoms with E-state index in [1.54, 1.807) is 19.5 Å². The van der Waals surface area contributed by atoms with Crippen LogP contribution in [0, 0.1) is 0 Å². The highest BCUT2D eigenvalue weighted by atomic mass is 16.5. The van der Waals surface area contributed by atoms with Gasteiger partial charge in [-0.1, -0.05) is 18.2 Å². The van der Waals surface area contributed by atoms with E-state index >= 15 is 0 Å². The number of nitrogens with one attached hydrogen (secondary N) is 1. The lowest BCUT2D eigenvalue weighted by Gasteiger charge is -2.23. The van der Waals surface area contributed by atoms with Crippen molar-refractivity contribution >= 4 is 5.91 Å². The second kappa shape index (κ2) is 8.29. The molecule has 1 amide bonds. The van der Waals surface area contributed by atoms with Crippen molar-refractivity contribution < 1.29 is 9.53 Å². The van der Waals surface area contributed by atoms with Crippen LogP contribution in [0.3, 0.4) is 0 Å². The van der Waals surface area contributed by atoms with Crippen molar-refractivity contribution in [2.45, 2.75) is 12.5 Å². The Morgan fingerprint density at radius 3 is 2.57 bits per heavy atom. The van der Waals surface area contributed by atoms with E-state index in [1.165, 1.54) is 0 Å². The molecule has 0 saturated heterocycles. The highest BCUT2D eigenvalue weighted by Gasteiger charge is 2.22. The standard InChI is InChI=1S/C18H23N3O2/c1-21(2)17(15-5-4-11-19-13-15)18(22)20-12-10-14-6-8-16(23-3)9-7-14/h4-9,11,13,17H,10,12H2,1-3H3,(H,20,22). The van der Waals surface area contributed by atoms with Crippen LogP contribution in [0.15, 0.2) is 48.8 Å². The molecule has 1 aromatic carbocycles. The van der Waals surface area contributed by atoms with Gasteiger partial charge in [0.05, 0.1) is 7.11 Å². The van der Waals surface area contributed by atoms with Gasteiger partial charge in [-0.15, -0.1) is 0 Å². The summed E-state index contributed by atoms with van der Waals surface area (Å²) in [7, 11) is 5.43. The van der Waals surface area contributed by atoms with Gasteiger partial charge in [0.25, 0.3) is 0 Å². The lowest BCUT2D eigenvalue weighted by Crippen LogP contribution is -2.38. The third-order valence-corrected chi connectivity index (χ3v) is 3.64. The van der Waals surface area contributed by atoms with E-state index in [0.717, 1.165) is 23.3 Å². The van der Waals surface area contributed by atoms with Crippen molar-refractivity contribution in [2.24, 2.45) is 0 Å². The molecule has 5 nitrogen and oxygen atoms in total. The molecule has 0 fully saturated rings. The Labute approximate surface area is 137 Å². The Balaban J connectivity index is 1.91. The van der Waals surface area contributed by atoms with Gasteiger partial charge in [-0.25, -0.2) is 0 Å². The van der Waals surface area contributed by atoms with E-state index in [4.69, 9.17) is 4.74 Å². The van der Waals surface area contributed by atoms with Crippen LogP contribution in [0.4, 0.5) is 0 Å². The quantitative estimate of drug-likeness (QED) is 0.850. The molecule has 23 heavy (non-hydrogen) atoms. The van der Waals surface area contributed by atoms with Gasteiger partial charge >= 0.3 is 0 Å². The van der Waals surface area contributed by atoms with E-state index in [9.17, 15) is 4.79 Å². The van der Waals surface area contributed by atoms with Gasteiger partial charge < -0.3 is 10.1 Å². The van der Waals surface area contributed by atoms with Crippen LogP contribution in [0.25, 0.3) is 0 Å². The molecule has 1 atom stereocenters. The molecular weight excluding hydrogens is 290 g/mol. The van der Waals surface area contributed by atoms with Crippen molar-refractivity contribution in [1.82, 2.24) is 15.2 Å². The molecule has 2 rings (SSSR count). The minimum absolute atomic E-state index is 0.0171. The maximum Gasteiger partial charge on any atom is 0.242 e. The van der Waals surface area contributed by atoms with Gasteiger partial charge in [-0.3, -0.25) is 14.7 Å². The molecule has 5 heteroatoms. The first-order chi connectivity index (χ1) is 11.1. The van der Waals surface area contributed by atoms with E-state index in [1.807, 2.05) is 55.4 Å². The number of hydrogen-bond donors (Lipinski definition) is 1. The topological polar surface area (TPSA) is 54.5 Å². The fourth-order valence-electron chi connectivity index (χ4n) is 2.44. The summed E-state index contributed by atoms with van der Waals surface area (Å²) in [5.41, 5.74) is 2.05. The summed E-state index contributed by atoms with van der Waals surface area (Å²) in [6, 6.07) is 11.3. The Morgan fingerprint density at radius 1 is 1.26 bits per heavy atom. The predicted molar refractivity (Wildman–Crippen MR) is 90.4 cm³/mol. The molecule has 2 aromatic rings. The van der Waals surface area contributed by atoms with Gasteiger partial charge in [0.1, 0.15) is 11.8 Å². The first-order valence-electron chi connectivity index (χ1n) is 7.59. The zero-order valence-electron chi connectivity index (χ0n) is 13.8. The average molecular weight is 313 g/mol. The summed E-state index contributed by atoms with van der Waals surface area (Å²) in [5.74, 6) is 0.818. The maximum absolute atomic E-state index is 12.5. The number of amides is 1. The third-order valence-electron chi connectivity index (χ3n) is 3.64. The fraction of sp³-hybridized carbons (Fsp3) is 0.333. The lowest BCUT2D eigenvalue weighted by atomic mass is 10.1. The van der Waals surface area contributed by atoms with Crippen molar-refractivity contribution in [1.29, 1.82) is 0 Å². The second-order valence-corrected chi connectivity index (χ2v) is 5.54. The number of likely N-dealkylation sites (N-methyl/N-ethyl adjacent to an activating group) is 1. The SMILES string of the molecule is COc1ccc(CCNC(=O)C(c2cccnc2)N(C)C)cc1. The summed E-state index contributed by atoms with van der Waals surface area (Å²) < 4.78 is 5.14.